The molecule has 0 aliphatic heterocycles. The maximum Gasteiger partial charge on any atom is 0.279 e. The molecule has 110 valence electrons. The van der Waals surface area contributed by atoms with Gasteiger partial charge in [0.25, 0.3) is 5.91 Å². The second kappa shape index (κ2) is 8.00. The Bertz CT molecular complexity index is 428. The molecule has 4 heteroatoms. The molecule has 0 saturated heterocycles. The highest BCUT2D eigenvalue weighted by Gasteiger charge is 2.15. The normalized spacial score (nSPS) is 17.2. The Morgan fingerprint density at radius 3 is 2.60 bits per heavy atom. The molecule has 0 atom stereocenters. The zero-order chi connectivity index (χ0) is 14.2. The summed E-state index contributed by atoms with van der Waals surface area (Å²) >= 11 is 0. The van der Waals surface area contributed by atoms with E-state index in [1.54, 1.807) is 12.1 Å². The minimum Gasteiger partial charge on any atom is -0.336 e. The number of benzene rings is 1. The number of carbonyl (C=O) groups is 1. The number of quaternary nitrogens is 1. The van der Waals surface area contributed by atoms with Gasteiger partial charge in [0.2, 0.25) is 0 Å². The third-order valence-corrected chi connectivity index (χ3v) is 3.89. The fourth-order valence-corrected chi connectivity index (χ4v) is 2.78. The van der Waals surface area contributed by atoms with Crippen LogP contribution in [0.25, 0.3) is 0 Å². The first-order valence-corrected chi connectivity index (χ1v) is 7.63. The monoisotopic (exact) mass is 279 g/mol. The van der Waals surface area contributed by atoms with Crippen LogP contribution in [0.5, 0.6) is 0 Å². The molecule has 0 aromatic heterocycles. The molecule has 1 aliphatic carbocycles. The number of nitrogens with one attached hydrogen (secondary N) is 1. The van der Waals surface area contributed by atoms with E-state index in [1.165, 1.54) is 57.1 Å². The highest BCUT2D eigenvalue weighted by Crippen LogP contribution is 2.15. The molecule has 0 unspecified atom stereocenters. The van der Waals surface area contributed by atoms with Gasteiger partial charge < -0.3 is 10.6 Å². The second-order valence-corrected chi connectivity index (χ2v) is 5.60. The Balaban J connectivity index is 1.73. The molecule has 1 aliphatic rings. The molecule has 1 saturated carbocycles. The third-order valence-electron chi connectivity index (χ3n) is 3.89. The summed E-state index contributed by atoms with van der Waals surface area (Å²) in [4.78, 5) is 11.9. The van der Waals surface area contributed by atoms with Gasteiger partial charge >= 0.3 is 0 Å². The van der Waals surface area contributed by atoms with E-state index >= 15 is 0 Å². The average molecular weight is 279 g/mol. The molecule has 20 heavy (non-hydrogen) atoms. The van der Waals surface area contributed by atoms with Crippen LogP contribution in [0.15, 0.2) is 24.3 Å². The smallest absolute Gasteiger partial charge is 0.279 e. The van der Waals surface area contributed by atoms with E-state index in [0.29, 0.717) is 18.3 Å². The van der Waals surface area contributed by atoms with Gasteiger partial charge in [0.05, 0.1) is 6.04 Å². The molecule has 1 fully saturated rings. The van der Waals surface area contributed by atoms with Crippen molar-refractivity contribution in [1.82, 2.24) is 0 Å². The van der Waals surface area contributed by atoms with Crippen LogP contribution in [0, 0.1) is 5.82 Å². The molecule has 1 aromatic rings. The molecule has 1 aromatic carbocycles. The van der Waals surface area contributed by atoms with Crippen LogP contribution < -0.4 is 10.6 Å². The Morgan fingerprint density at radius 1 is 1.20 bits per heavy atom. The predicted octanol–water partition coefficient (Wildman–Crippen LogP) is 2.44. The first-order valence-electron chi connectivity index (χ1n) is 7.63. The molecule has 0 spiro atoms. The van der Waals surface area contributed by atoms with Crippen molar-refractivity contribution in [2.75, 3.05) is 11.9 Å². The molecular formula is C16H24FN2O+. The number of hydrogen-bond donors (Lipinski definition) is 2. The van der Waals surface area contributed by atoms with Gasteiger partial charge in [0.1, 0.15) is 5.82 Å². The van der Waals surface area contributed by atoms with Gasteiger partial charge in [-0.05, 0) is 43.9 Å². The highest BCUT2D eigenvalue weighted by atomic mass is 19.1. The third kappa shape index (κ3) is 5.29. The summed E-state index contributed by atoms with van der Waals surface area (Å²) in [7, 11) is 0. The van der Waals surface area contributed by atoms with Crippen molar-refractivity contribution < 1.29 is 14.5 Å². The van der Waals surface area contributed by atoms with Gasteiger partial charge in [0.15, 0.2) is 6.54 Å². The Labute approximate surface area is 120 Å². The van der Waals surface area contributed by atoms with Crippen LogP contribution in [0.1, 0.15) is 44.9 Å². The first-order chi connectivity index (χ1) is 9.74. The van der Waals surface area contributed by atoms with E-state index in [2.05, 4.69) is 10.6 Å². The van der Waals surface area contributed by atoms with Crippen LogP contribution in [0.4, 0.5) is 10.1 Å². The Kier molecular flexibility index (Phi) is 5.99. The molecule has 3 N–H and O–H groups in total. The van der Waals surface area contributed by atoms with Gasteiger partial charge in [-0.2, -0.15) is 0 Å². The predicted molar refractivity (Wildman–Crippen MR) is 77.9 cm³/mol. The molecule has 1 amide bonds. The molecule has 0 heterocycles. The van der Waals surface area contributed by atoms with Gasteiger partial charge in [-0.15, -0.1) is 0 Å². The molecule has 0 bridgehead atoms. The quantitative estimate of drug-likeness (QED) is 0.873. The van der Waals surface area contributed by atoms with E-state index in [4.69, 9.17) is 0 Å². The van der Waals surface area contributed by atoms with Crippen LogP contribution in [-0.2, 0) is 4.79 Å². The van der Waals surface area contributed by atoms with Crippen LogP contribution in [-0.4, -0.2) is 18.5 Å². The first kappa shape index (κ1) is 15.0. The standard InChI is InChI=1S/C16H23FN2O/c17-13-7-6-10-15(11-13)19-16(20)12-18-14-8-4-2-1-3-5-9-14/h6-7,10-11,14,18H,1-5,8-9,12H2,(H,19,20)/p+1. The highest BCUT2D eigenvalue weighted by molar-refractivity contribution is 5.91. The summed E-state index contributed by atoms with van der Waals surface area (Å²) in [5, 5.41) is 4.88. The number of rotatable bonds is 4. The molecular weight excluding hydrogens is 255 g/mol. The average Bonchev–Trinajstić information content (AvgIpc) is 2.37. The molecule has 0 radical (unpaired) electrons. The lowest BCUT2D eigenvalue weighted by Gasteiger charge is -2.18. The van der Waals surface area contributed by atoms with E-state index in [0.717, 1.165) is 0 Å². The van der Waals surface area contributed by atoms with Crippen molar-refractivity contribution in [1.29, 1.82) is 0 Å². The van der Waals surface area contributed by atoms with Gasteiger partial charge in [-0.25, -0.2) is 4.39 Å². The van der Waals surface area contributed by atoms with Crippen molar-refractivity contribution in [3.63, 3.8) is 0 Å². The summed E-state index contributed by atoms with van der Waals surface area (Å²) in [6, 6.07) is 6.58. The van der Waals surface area contributed by atoms with E-state index in [9.17, 15) is 9.18 Å². The fraction of sp³-hybridized carbons (Fsp3) is 0.562. The number of hydrogen-bond acceptors (Lipinski definition) is 1. The van der Waals surface area contributed by atoms with E-state index < -0.39 is 0 Å². The maximum absolute atomic E-state index is 13.0. The summed E-state index contributed by atoms with van der Waals surface area (Å²) in [6.45, 7) is 0.418. The number of halogens is 1. The summed E-state index contributed by atoms with van der Waals surface area (Å²) in [5.74, 6) is -0.385. The van der Waals surface area contributed by atoms with Crippen LogP contribution >= 0.6 is 0 Å². The van der Waals surface area contributed by atoms with Crippen molar-refractivity contribution in [2.24, 2.45) is 0 Å². The van der Waals surface area contributed by atoms with Crippen molar-refractivity contribution >= 4 is 11.6 Å². The summed E-state index contributed by atoms with van der Waals surface area (Å²) < 4.78 is 13.0. The number of carbonyl (C=O) groups excluding carboxylic acids is 1. The van der Waals surface area contributed by atoms with Gasteiger partial charge in [-0.3, -0.25) is 4.79 Å². The lowest BCUT2D eigenvalue weighted by Crippen LogP contribution is -2.91. The molecule has 3 nitrogen and oxygen atoms in total. The van der Waals surface area contributed by atoms with Gasteiger partial charge in [0, 0.05) is 5.69 Å². The summed E-state index contributed by atoms with van der Waals surface area (Å²) in [6.07, 6.45) is 8.94. The maximum atomic E-state index is 13.0. The Morgan fingerprint density at radius 2 is 1.90 bits per heavy atom. The van der Waals surface area contributed by atoms with Gasteiger partial charge in [-0.1, -0.05) is 25.3 Å². The molecule has 2 rings (SSSR count). The topological polar surface area (TPSA) is 45.7 Å². The largest absolute Gasteiger partial charge is 0.336 e. The lowest BCUT2D eigenvalue weighted by atomic mass is 9.97. The van der Waals surface area contributed by atoms with Crippen molar-refractivity contribution in [2.45, 2.75) is 51.0 Å². The van der Waals surface area contributed by atoms with Crippen LogP contribution in [0.2, 0.25) is 0 Å². The lowest BCUT2D eigenvalue weighted by molar-refractivity contribution is -0.680. The fourth-order valence-electron chi connectivity index (χ4n) is 2.78. The Hall–Kier alpha value is -1.42. The number of amides is 1. The SMILES string of the molecule is O=C(C[NH2+]C1CCCCCCC1)Nc1cccc(F)c1. The van der Waals surface area contributed by atoms with E-state index in [1.807, 2.05) is 0 Å². The summed E-state index contributed by atoms with van der Waals surface area (Å²) in [5.41, 5.74) is 0.529. The van der Waals surface area contributed by atoms with Crippen molar-refractivity contribution in [3.8, 4) is 0 Å². The minimum atomic E-state index is -0.327. The van der Waals surface area contributed by atoms with E-state index in [-0.39, 0.29) is 11.7 Å². The van der Waals surface area contributed by atoms with Crippen molar-refractivity contribution in [3.05, 3.63) is 30.1 Å². The minimum absolute atomic E-state index is 0.0577. The zero-order valence-electron chi connectivity index (χ0n) is 11.9. The number of anilines is 1. The number of nitrogens with two attached hydrogens (primary N) is 1. The van der Waals surface area contributed by atoms with Crippen LogP contribution in [0.3, 0.4) is 0 Å². The zero-order valence-corrected chi connectivity index (χ0v) is 11.9. The second-order valence-electron chi connectivity index (χ2n) is 5.60.